The molecule has 0 aromatic carbocycles. The van der Waals surface area contributed by atoms with Crippen molar-refractivity contribution in [3.8, 4) is 0 Å². The molecule has 100 valence electrons. The zero-order valence-corrected chi connectivity index (χ0v) is 11.7. The highest BCUT2D eigenvalue weighted by molar-refractivity contribution is 7.13. The van der Waals surface area contributed by atoms with Crippen LogP contribution in [-0.4, -0.2) is 42.0 Å². The van der Waals surface area contributed by atoms with Gasteiger partial charge in [0.25, 0.3) is 5.91 Å². The smallest absolute Gasteiger partial charge is 0.270 e. The maximum absolute atomic E-state index is 11.9. The van der Waals surface area contributed by atoms with Gasteiger partial charge in [-0.1, -0.05) is 12.8 Å². The second-order valence-corrected chi connectivity index (χ2v) is 5.97. The van der Waals surface area contributed by atoms with Crippen molar-refractivity contribution in [1.82, 2.24) is 15.2 Å². The van der Waals surface area contributed by atoms with Crippen molar-refractivity contribution in [2.75, 3.05) is 26.4 Å². The molecule has 18 heavy (non-hydrogen) atoms. The minimum Gasteiger partial charge on any atom is -0.375 e. The van der Waals surface area contributed by atoms with Crippen molar-refractivity contribution in [1.29, 1.82) is 0 Å². The van der Waals surface area contributed by atoms with Gasteiger partial charge in [-0.15, -0.1) is 11.3 Å². The summed E-state index contributed by atoms with van der Waals surface area (Å²) in [4.78, 5) is 18.2. The summed E-state index contributed by atoms with van der Waals surface area (Å²) < 4.78 is 0. The number of nitrogen functional groups attached to an aromatic ring is 1. The van der Waals surface area contributed by atoms with Gasteiger partial charge in [0.2, 0.25) is 0 Å². The fraction of sp³-hybridized carbons (Fsp3) is 0.667. The molecule has 5 nitrogen and oxygen atoms in total. The number of likely N-dealkylation sites (N-methyl/N-ethyl adjacent to an activating group) is 1. The maximum atomic E-state index is 11.9. The number of hydrogen-bond donors (Lipinski definition) is 2. The molecule has 6 heteroatoms. The summed E-state index contributed by atoms with van der Waals surface area (Å²) in [5, 5.41) is 5.11. The van der Waals surface area contributed by atoms with E-state index in [4.69, 9.17) is 5.73 Å². The lowest BCUT2D eigenvalue weighted by molar-refractivity contribution is 0.0896. The van der Waals surface area contributed by atoms with Crippen LogP contribution in [0.5, 0.6) is 0 Å². The van der Waals surface area contributed by atoms with Crippen molar-refractivity contribution in [2.24, 2.45) is 0 Å². The van der Waals surface area contributed by atoms with E-state index >= 15 is 0 Å². The first-order chi connectivity index (χ1) is 8.53. The van der Waals surface area contributed by atoms with E-state index in [1.807, 2.05) is 0 Å². The van der Waals surface area contributed by atoms with Crippen molar-refractivity contribution in [3.63, 3.8) is 0 Å². The zero-order chi connectivity index (χ0) is 13.2. The Morgan fingerprint density at radius 1 is 1.56 bits per heavy atom. The summed E-state index contributed by atoms with van der Waals surface area (Å²) in [5.41, 5.74) is 6.06. The van der Waals surface area contributed by atoms with Crippen LogP contribution in [0.2, 0.25) is 0 Å². The summed E-state index contributed by atoms with van der Waals surface area (Å²) in [6.07, 6.45) is 4.74. The largest absolute Gasteiger partial charge is 0.375 e. The molecule has 0 unspecified atom stereocenters. The number of nitrogens with two attached hydrogens (primary N) is 1. The molecule has 0 radical (unpaired) electrons. The number of aromatic nitrogens is 1. The van der Waals surface area contributed by atoms with Gasteiger partial charge in [-0.3, -0.25) is 4.79 Å². The Bertz CT molecular complexity index is 423. The third-order valence-electron chi connectivity index (χ3n) is 3.82. The quantitative estimate of drug-likeness (QED) is 0.864. The predicted molar refractivity (Wildman–Crippen MR) is 73.7 cm³/mol. The van der Waals surface area contributed by atoms with Crippen LogP contribution in [0.4, 0.5) is 5.13 Å². The van der Waals surface area contributed by atoms with Crippen LogP contribution in [0, 0.1) is 0 Å². The molecule has 1 aromatic rings. The maximum Gasteiger partial charge on any atom is 0.270 e. The van der Waals surface area contributed by atoms with Gasteiger partial charge in [-0.25, -0.2) is 4.98 Å². The van der Waals surface area contributed by atoms with Crippen molar-refractivity contribution in [2.45, 2.75) is 31.2 Å². The van der Waals surface area contributed by atoms with Crippen LogP contribution >= 0.6 is 11.3 Å². The van der Waals surface area contributed by atoms with Crippen LogP contribution in [0.25, 0.3) is 0 Å². The first-order valence-electron chi connectivity index (χ1n) is 6.20. The number of nitrogens with one attached hydrogen (secondary N) is 1. The van der Waals surface area contributed by atoms with Crippen LogP contribution in [0.3, 0.4) is 0 Å². The molecule has 1 aliphatic carbocycles. The first-order valence-corrected chi connectivity index (χ1v) is 7.08. The van der Waals surface area contributed by atoms with Crippen LogP contribution in [-0.2, 0) is 0 Å². The van der Waals surface area contributed by atoms with Crippen molar-refractivity contribution >= 4 is 22.4 Å². The molecule has 1 fully saturated rings. The summed E-state index contributed by atoms with van der Waals surface area (Å²) in [6.45, 7) is 0.677. The molecular formula is C12H20N4OS. The molecular weight excluding hydrogens is 248 g/mol. The Hall–Kier alpha value is -1.14. The van der Waals surface area contributed by atoms with Crippen molar-refractivity contribution < 1.29 is 4.79 Å². The predicted octanol–water partition coefficient (Wildman–Crippen LogP) is 1.33. The van der Waals surface area contributed by atoms with Gasteiger partial charge in [-0.2, -0.15) is 0 Å². The number of carbonyl (C=O) groups excluding carboxylic acids is 1. The molecule has 1 saturated carbocycles. The topological polar surface area (TPSA) is 71.2 Å². The Morgan fingerprint density at radius 3 is 2.72 bits per heavy atom. The van der Waals surface area contributed by atoms with Crippen LogP contribution < -0.4 is 11.1 Å². The molecule has 0 spiro atoms. The Kier molecular flexibility index (Phi) is 3.87. The van der Waals surface area contributed by atoms with E-state index in [1.165, 1.54) is 24.2 Å². The van der Waals surface area contributed by atoms with Crippen LogP contribution in [0.15, 0.2) is 5.38 Å². The number of anilines is 1. The normalized spacial score (nSPS) is 18.2. The summed E-state index contributed by atoms with van der Waals surface area (Å²) in [7, 11) is 4.16. The molecule has 0 bridgehead atoms. The summed E-state index contributed by atoms with van der Waals surface area (Å²) >= 11 is 1.29. The van der Waals surface area contributed by atoms with E-state index in [1.54, 1.807) is 5.38 Å². The monoisotopic (exact) mass is 268 g/mol. The molecule has 0 saturated heterocycles. The third-order valence-corrected chi connectivity index (χ3v) is 4.49. The van der Waals surface area contributed by atoms with Gasteiger partial charge < -0.3 is 16.0 Å². The van der Waals surface area contributed by atoms with E-state index in [2.05, 4.69) is 29.3 Å². The fourth-order valence-corrected chi connectivity index (χ4v) is 3.09. The van der Waals surface area contributed by atoms with E-state index in [0.29, 0.717) is 17.4 Å². The minimum absolute atomic E-state index is 0.108. The van der Waals surface area contributed by atoms with Gasteiger partial charge >= 0.3 is 0 Å². The van der Waals surface area contributed by atoms with E-state index in [0.717, 1.165) is 12.8 Å². The minimum atomic E-state index is -0.129. The van der Waals surface area contributed by atoms with Gasteiger partial charge in [0, 0.05) is 17.5 Å². The molecule has 1 amide bonds. The standard InChI is InChI=1S/C12H20N4OS/c1-16(2)12(5-3-4-6-12)8-14-10(17)9-7-18-11(13)15-9/h7H,3-6,8H2,1-2H3,(H2,13,15)(H,14,17). The third kappa shape index (κ3) is 2.64. The Labute approximate surface area is 111 Å². The number of rotatable bonds is 4. The zero-order valence-electron chi connectivity index (χ0n) is 10.9. The number of hydrogen-bond acceptors (Lipinski definition) is 5. The second kappa shape index (κ2) is 5.24. The summed E-state index contributed by atoms with van der Waals surface area (Å²) in [6, 6.07) is 0. The Morgan fingerprint density at radius 2 is 2.22 bits per heavy atom. The van der Waals surface area contributed by atoms with E-state index in [9.17, 15) is 4.79 Å². The average Bonchev–Trinajstić information content (AvgIpc) is 2.95. The highest BCUT2D eigenvalue weighted by atomic mass is 32.1. The highest BCUT2D eigenvalue weighted by Gasteiger charge is 2.36. The van der Waals surface area contributed by atoms with Crippen molar-refractivity contribution in [3.05, 3.63) is 11.1 Å². The molecule has 1 aliphatic rings. The molecule has 3 N–H and O–H groups in total. The van der Waals surface area contributed by atoms with Gasteiger partial charge in [-0.05, 0) is 26.9 Å². The van der Waals surface area contributed by atoms with Gasteiger partial charge in [0.1, 0.15) is 5.69 Å². The lowest BCUT2D eigenvalue weighted by atomic mass is 9.96. The lowest BCUT2D eigenvalue weighted by Gasteiger charge is -2.36. The SMILES string of the molecule is CN(C)C1(CNC(=O)c2csc(N)n2)CCCC1. The molecule has 0 aliphatic heterocycles. The van der Waals surface area contributed by atoms with E-state index < -0.39 is 0 Å². The number of nitrogens with zero attached hydrogens (tertiary/aromatic N) is 2. The molecule has 1 aromatic heterocycles. The molecule has 0 atom stereocenters. The number of thiazole rings is 1. The average molecular weight is 268 g/mol. The van der Waals surface area contributed by atoms with E-state index in [-0.39, 0.29) is 11.4 Å². The van der Waals surface area contributed by atoms with Crippen LogP contribution in [0.1, 0.15) is 36.2 Å². The summed E-state index contributed by atoms with van der Waals surface area (Å²) in [5.74, 6) is -0.129. The number of amides is 1. The second-order valence-electron chi connectivity index (χ2n) is 5.08. The molecule has 2 rings (SSSR count). The first kappa shape index (κ1) is 13.3. The van der Waals surface area contributed by atoms with Gasteiger partial charge in [0.15, 0.2) is 5.13 Å². The lowest BCUT2D eigenvalue weighted by Crippen LogP contribution is -2.50. The number of carbonyl (C=O) groups is 1. The highest BCUT2D eigenvalue weighted by Crippen LogP contribution is 2.33. The fourth-order valence-electron chi connectivity index (χ4n) is 2.54. The molecule has 1 heterocycles. The Balaban J connectivity index is 1.96. The van der Waals surface area contributed by atoms with Gasteiger partial charge in [0.05, 0.1) is 0 Å².